The van der Waals surface area contributed by atoms with Crippen LogP contribution in [0.4, 0.5) is 15.3 Å². The Balaban J connectivity index is 2.91. The number of nitrogens with one attached hydrogen (secondary N) is 6. The van der Waals surface area contributed by atoms with Gasteiger partial charge in [0.15, 0.2) is 0 Å². The van der Waals surface area contributed by atoms with Gasteiger partial charge in [0.25, 0.3) is 0 Å². The number of carboxylic acids is 1. The normalized spacial score (nSPS) is 13.1. The minimum atomic E-state index is -1.04. The number of unbranched alkanes of at least 4 members (excludes halogenated alkanes) is 1. The van der Waals surface area contributed by atoms with Crippen LogP contribution in [0.25, 0.3) is 0 Å². The van der Waals surface area contributed by atoms with Crippen LogP contribution in [-0.2, 0) is 40.1 Å². The molecule has 0 saturated heterocycles. The minimum Gasteiger partial charge on any atom is -0.481 e. The predicted molar refractivity (Wildman–Crippen MR) is 195 cm³/mol. The van der Waals surface area contributed by atoms with Gasteiger partial charge in [-0.2, -0.15) is 0 Å². The monoisotopic (exact) mass is 748 g/mol. The van der Waals surface area contributed by atoms with Gasteiger partial charge in [0.2, 0.25) is 29.5 Å². The molecule has 0 radical (unpaired) electrons. The van der Waals surface area contributed by atoms with Crippen LogP contribution in [0, 0.1) is 11.8 Å². The lowest BCUT2D eigenvalue weighted by Crippen LogP contribution is -2.54. The second kappa shape index (κ2) is 23.2. The Morgan fingerprint density at radius 2 is 1.38 bits per heavy atom. The summed E-state index contributed by atoms with van der Waals surface area (Å²) in [6, 6.07) is 1.98. The van der Waals surface area contributed by atoms with E-state index in [0.717, 1.165) is 4.90 Å². The maximum atomic E-state index is 13.4. The molecule has 0 spiro atoms. The topological polar surface area (TPSA) is 267 Å². The van der Waals surface area contributed by atoms with Gasteiger partial charge in [0, 0.05) is 39.2 Å². The van der Waals surface area contributed by atoms with E-state index in [9.17, 15) is 38.4 Å². The van der Waals surface area contributed by atoms with Gasteiger partial charge in [-0.25, -0.2) is 9.59 Å². The fourth-order valence-corrected chi connectivity index (χ4v) is 4.85. The van der Waals surface area contributed by atoms with E-state index in [1.807, 2.05) is 0 Å². The molecule has 8 amide bonds. The number of hydrogen-bond acceptors (Lipinski definition) is 9. The van der Waals surface area contributed by atoms with Gasteiger partial charge in [-0.05, 0) is 62.1 Å². The predicted octanol–water partition coefficient (Wildman–Crippen LogP) is 1.19. The number of anilines is 1. The number of amides is 8. The Morgan fingerprint density at radius 1 is 0.774 bits per heavy atom. The summed E-state index contributed by atoms with van der Waals surface area (Å²) in [5.41, 5.74) is 6.06. The third kappa shape index (κ3) is 17.1. The lowest BCUT2D eigenvalue weighted by atomic mass is 10.0. The molecule has 0 saturated carbocycles. The van der Waals surface area contributed by atoms with E-state index in [1.54, 1.807) is 52.0 Å². The minimum absolute atomic E-state index is 0.0824. The van der Waals surface area contributed by atoms with Crippen molar-refractivity contribution in [2.75, 3.05) is 26.0 Å². The van der Waals surface area contributed by atoms with Crippen molar-refractivity contribution in [3.63, 3.8) is 0 Å². The first-order valence-corrected chi connectivity index (χ1v) is 17.5. The molecule has 0 unspecified atom stereocenters. The first kappa shape index (κ1) is 45.6. The molecule has 0 heterocycles. The standard InChI is InChI=1S/C35H56N8O10/c1-20(2)28(32(49)37-6)42-30(47)22(5)43(7)35(52)53-19-23-14-16-24(17-15-23)39-31(48)25(11-8-9-18-38-34(36)51)40-33(50)29(21(3)4)41-26(44)12-10-13-27(45)46/h14-17,20-22,25,28-29H,8-13,18-19H2,1-7H3,(H,37,49)(H,39,48)(H,40,50)(H,41,44)(H,42,47)(H,45,46)(H3,36,38,51)/t22-,25-,28-,29-/m0/s1. The Morgan fingerprint density at radius 3 is 1.92 bits per heavy atom. The highest BCUT2D eigenvalue weighted by molar-refractivity contribution is 5.98. The van der Waals surface area contributed by atoms with Crippen LogP contribution in [0.2, 0.25) is 0 Å². The van der Waals surface area contributed by atoms with Gasteiger partial charge in [-0.1, -0.05) is 39.8 Å². The third-order valence-corrected chi connectivity index (χ3v) is 8.24. The number of hydrogen-bond donors (Lipinski definition) is 8. The molecule has 4 atom stereocenters. The van der Waals surface area contributed by atoms with Crippen LogP contribution in [0.3, 0.4) is 0 Å². The average molecular weight is 749 g/mol. The first-order chi connectivity index (χ1) is 24.9. The lowest BCUT2D eigenvalue weighted by molar-refractivity contribution is -0.137. The summed E-state index contributed by atoms with van der Waals surface area (Å²) in [5.74, 6) is -4.08. The number of aliphatic carboxylic acids is 1. The number of primary amides is 1. The van der Waals surface area contributed by atoms with Crippen molar-refractivity contribution >= 4 is 53.3 Å². The Labute approximate surface area is 310 Å². The number of nitrogens with two attached hydrogens (primary N) is 1. The van der Waals surface area contributed by atoms with Crippen molar-refractivity contribution in [2.45, 2.75) is 104 Å². The number of nitrogens with zero attached hydrogens (tertiary/aromatic N) is 1. The van der Waals surface area contributed by atoms with Crippen molar-refractivity contribution in [1.82, 2.24) is 31.5 Å². The largest absolute Gasteiger partial charge is 0.481 e. The number of benzene rings is 1. The van der Waals surface area contributed by atoms with Gasteiger partial charge in [0.1, 0.15) is 30.8 Å². The molecule has 9 N–H and O–H groups in total. The van der Waals surface area contributed by atoms with Crippen LogP contribution in [-0.4, -0.2) is 102 Å². The first-order valence-electron chi connectivity index (χ1n) is 17.5. The Hall–Kier alpha value is -5.42. The van der Waals surface area contributed by atoms with E-state index in [1.165, 1.54) is 21.0 Å². The molecule has 53 heavy (non-hydrogen) atoms. The highest BCUT2D eigenvalue weighted by Crippen LogP contribution is 2.14. The van der Waals surface area contributed by atoms with E-state index < -0.39 is 65.9 Å². The molecule has 1 rings (SSSR count). The van der Waals surface area contributed by atoms with Gasteiger partial charge in [-0.3, -0.25) is 33.7 Å². The number of urea groups is 1. The van der Waals surface area contributed by atoms with Crippen LogP contribution in [0.1, 0.15) is 78.7 Å². The molecule has 0 aliphatic rings. The highest BCUT2D eigenvalue weighted by atomic mass is 16.6. The van der Waals surface area contributed by atoms with Crippen LogP contribution in [0.15, 0.2) is 24.3 Å². The molecular formula is C35H56N8O10. The Kier molecular flexibility index (Phi) is 20.0. The number of likely N-dealkylation sites (N-methyl/N-ethyl adjacent to an activating group) is 2. The molecule has 18 heteroatoms. The molecule has 296 valence electrons. The van der Waals surface area contributed by atoms with Crippen molar-refractivity contribution in [3.05, 3.63) is 29.8 Å². The SMILES string of the molecule is CNC(=O)[C@@H](NC(=O)[C@H](C)N(C)C(=O)OCc1ccc(NC(=O)[C@H](CCCCNC(N)=O)NC(=O)[C@@H](NC(=O)CCCC(=O)O)C(C)C)cc1)C(C)C. The van der Waals surface area contributed by atoms with Crippen LogP contribution in [0.5, 0.6) is 0 Å². The molecule has 0 fully saturated rings. The summed E-state index contributed by atoms with van der Waals surface area (Å²) in [6.07, 6.45) is 0.150. The van der Waals surface area contributed by atoms with Crippen molar-refractivity contribution in [3.8, 4) is 0 Å². The molecule has 0 bridgehead atoms. The van der Waals surface area contributed by atoms with Crippen molar-refractivity contribution in [2.24, 2.45) is 17.6 Å². The number of carbonyl (C=O) groups is 8. The molecule has 1 aromatic carbocycles. The summed E-state index contributed by atoms with van der Waals surface area (Å²) in [6.45, 7) is 8.64. The van der Waals surface area contributed by atoms with Gasteiger partial charge in [0.05, 0.1) is 0 Å². The number of ether oxygens (including phenoxy) is 1. The molecule has 1 aromatic rings. The summed E-state index contributed by atoms with van der Waals surface area (Å²) in [7, 11) is 2.87. The van der Waals surface area contributed by atoms with Gasteiger partial charge >= 0.3 is 18.1 Å². The third-order valence-electron chi connectivity index (χ3n) is 8.24. The summed E-state index contributed by atoms with van der Waals surface area (Å²) in [5, 5.41) is 24.5. The molecule has 0 aliphatic carbocycles. The molecule has 18 nitrogen and oxygen atoms in total. The van der Waals surface area contributed by atoms with Crippen LogP contribution >= 0.6 is 0 Å². The second-order valence-corrected chi connectivity index (χ2v) is 13.3. The van der Waals surface area contributed by atoms with E-state index in [4.69, 9.17) is 15.6 Å². The number of carbonyl (C=O) groups excluding carboxylic acids is 7. The molecule has 0 aliphatic heterocycles. The van der Waals surface area contributed by atoms with Gasteiger partial charge < -0.3 is 47.5 Å². The van der Waals surface area contributed by atoms with Crippen molar-refractivity contribution < 1.29 is 48.2 Å². The number of carboxylic acid groups (broad SMARTS) is 1. The maximum Gasteiger partial charge on any atom is 0.410 e. The van der Waals surface area contributed by atoms with Gasteiger partial charge in [-0.15, -0.1) is 0 Å². The quantitative estimate of drug-likeness (QED) is 0.0785. The highest BCUT2D eigenvalue weighted by Gasteiger charge is 2.30. The van der Waals surface area contributed by atoms with E-state index >= 15 is 0 Å². The fourth-order valence-electron chi connectivity index (χ4n) is 4.85. The Bertz CT molecular complexity index is 1420. The summed E-state index contributed by atoms with van der Waals surface area (Å²) >= 11 is 0. The summed E-state index contributed by atoms with van der Waals surface area (Å²) < 4.78 is 5.37. The van der Waals surface area contributed by atoms with E-state index in [2.05, 4.69) is 31.9 Å². The zero-order chi connectivity index (χ0) is 40.2. The lowest BCUT2D eigenvalue weighted by Gasteiger charge is -2.27. The molecular weight excluding hydrogens is 692 g/mol. The maximum absolute atomic E-state index is 13.4. The fraction of sp³-hybridized carbons (Fsp3) is 0.600. The summed E-state index contributed by atoms with van der Waals surface area (Å²) in [4.78, 5) is 99.6. The second-order valence-electron chi connectivity index (χ2n) is 13.3. The zero-order valence-electron chi connectivity index (χ0n) is 31.6. The average Bonchev–Trinajstić information content (AvgIpc) is 3.09. The van der Waals surface area contributed by atoms with E-state index in [0.29, 0.717) is 24.1 Å². The smallest absolute Gasteiger partial charge is 0.410 e. The molecule has 0 aromatic heterocycles. The number of rotatable bonds is 22. The van der Waals surface area contributed by atoms with Crippen LogP contribution < -0.4 is 37.6 Å². The van der Waals surface area contributed by atoms with E-state index in [-0.39, 0.29) is 56.6 Å². The zero-order valence-corrected chi connectivity index (χ0v) is 31.6. The van der Waals surface area contributed by atoms with Crippen molar-refractivity contribution in [1.29, 1.82) is 0 Å².